The molecule has 0 aliphatic heterocycles. The second-order valence-corrected chi connectivity index (χ2v) is 3.87. The average molecular weight is 245 g/mol. The van der Waals surface area contributed by atoms with Gasteiger partial charge in [0.05, 0.1) is 5.92 Å². The molecule has 0 fully saturated rings. The van der Waals surface area contributed by atoms with Crippen molar-refractivity contribution in [2.75, 3.05) is 6.54 Å². The summed E-state index contributed by atoms with van der Waals surface area (Å²) in [6.07, 6.45) is 0.482. The Kier molecular flexibility index (Phi) is 6.69. The summed E-state index contributed by atoms with van der Waals surface area (Å²) in [4.78, 5) is 32.6. The minimum atomic E-state index is -0.946. The molecule has 0 aromatic carbocycles. The first-order valence-electron chi connectivity index (χ1n) is 5.42. The third kappa shape index (κ3) is 7.15. The Balaban J connectivity index is 3.94. The van der Waals surface area contributed by atoms with Gasteiger partial charge in [-0.25, -0.2) is 4.79 Å². The number of amides is 3. The van der Waals surface area contributed by atoms with E-state index in [0.717, 1.165) is 0 Å². The molecule has 3 amide bonds. The second-order valence-electron chi connectivity index (χ2n) is 3.87. The van der Waals surface area contributed by atoms with Gasteiger partial charge in [-0.1, -0.05) is 6.92 Å². The molecule has 2 atom stereocenters. The second kappa shape index (κ2) is 7.48. The van der Waals surface area contributed by atoms with E-state index in [1.54, 1.807) is 13.8 Å². The van der Waals surface area contributed by atoms with E-state index in [1.165, 1.54) is 0 Å². The molecular weight excluding hydrogens is 226 g/mol. The number of carboxylic acid groups (broad SMARTS) is 1. The van der Waals surface area contributed by atoms with Crippen molar-refractivity contribution >= 4 is 17.9 Å². The predicted molar refractivity (Wildman–Crippen MR) is 61.2 cm³/mol. The van der Waals surface area contributed by atoms with Crippen molar-refractivity contribution in [1.82, 2.24) is 10.6 Å². The Morgan fingerprint density at radius 3 is 2.35 bits per heavy atom. The van der Waals surface area contributed by atoms with E-state index in [0.29, 0.717) is 6.42 Å². The first-order valence-corrected chi connectivity index (χ1v) is 5.42. The number of primary amides is 1. The van der Waals surface area contributed by atoms with Gasteiger partial charge in [-0.2, -0.15) is 0 Å². The summed E-state index contributed by atoms with van der Waals surface area (Å²) >= 11 is 0. The number of carbonyl (C=O) groups excluding carboxylic acids is 2. The van der Waals surface area contributed by atoms with Crippen LogP contribution in [0.15, 0.2) is 0 Å². The summed E-state index contributed by atoms with van der Waals surface area (Å²) in [5.74, 6) is -2.06. The van der Waals surface area contributed by atoms with Crippen molar-refractivity contribution < 1.29 is 19.5 Å². The van der Waals surface area contributed by atoms with E-state index in [2.05, 4.69) is 10.6 Å². The van der Waals surface area contributed by atoms with Crippen LogP contribution in [-0.4, -0.2) is 35.6 Å². The fourth-order valence-electron chi connectivity index (χ4n) is 1.25. The quantitative estimate of drug-likeness (QED) is 0.490. The van der Waals surface area contributed by atoms with Gasteiger partial charge in [0.2, 0.25) is 5.91 Å². The maximum Gasteiger partial charge on any atom is 0.315 e. The lowest BCUT2D eigenvalue weighted by atomic mass is 10.1. The van der Waals surface area contributed by atoms with E-state index in [9.17, 15) is 14.4 Å². The largest absolute Gasteiger partial charge is 0.481 e. The number of urea groups is 1. The highest BCUT2D eigenvalue weighted by Gasteiger charge is 2.16. The molecule has 98 valence electrons. The van der Waals surface area contributed by atoms with Crippen molar-refractivity contribution in [2.45, 2.75) is 32.7 Å². The maximum atomic E-state index is 11.3. The topological polar surface area (TPSA) is 122 Å². The van der Waals surface area contributed by atoms with Crippen molar-refractivity contribution in [3.05, 3.63) is 0 Å². The molecule has 2 unspecified atom stereocenters. The summed E-state index contributed by atoms with van der Waals surface area (Å²) in [5.41, 5.74) is 4.96. The molecule has 0 aliphatic rings. The minimum absolute atomic E-state index is 0.0452. The van der Waals surface area contributed by atoms with Crippen LogP contribution in [0.2, 0.25) is 0 Å². The molecule has 0 heterocycles. The van der Waals surface area contributed by atoms with Crippen molar-refractivity contribution in [3.63, 3.8) is 0 Å². The van der Waals surface area contributed by atoms with Crippen LogP contribution in [0.25, 0.3) is 0 Å². The van der Waals surface area contributed by atoms with E-state index in [-0.39, 0.29) is 19.0 Å². The van der Waals surface area contributed by atoms with Gasteiger partial charge in [0.15, 0.2) is 0 Å². The van der Waals surface area contributed by atoms with Gasteiger partial charge in [0.25, 0.3) is 0 Å². The van der Waals surface area contributed by atoms with Crippen LogP contribution in [0.1, 0.15) is 26.7 Å². The van der Waals surface area contributed by atoms with Crippen LogP contribution in [-0.2, 0) is 9.59 Å². The highest BCUT2D eigenvalue weighted by Crippen LogP contribution is 2.00. The van der Waals surface area contributed by atoms with Crippen LogP contribution in [0.3, 0.4) is 0 Å². The molecule has 0 saturated heterocycles. The van der Waals surface area contributed by atoms with Crippen LogP contribution in [0.5, 0.6) is 0 Å². The lowest BCUT2D eigenvalue weighted by molar-refractivity contribution is -0.141. The Morgan fingerprint density at radius 2 is 1.94 bits per heavy atom. The first-order chi connectivity index (χ1) is 7.86. The number of hydrogen-bond donors (Lipinski definition) is 4. The van der Waals surface area contributed by atoms with Gasteiger partial charge < -0.3 is 21.5 Å². The predicted octanol–water partition coefficient (Wildman–Crippen LogP) is -0.340. The van der Waals surface area contributed by atoms with Gasteiger partial charge in [-0.15, -0.1) is 0 Å². The summed E-state index contributed by atoms with van der Waals surface area (Å²) in [5, 5.41) is 13.7. The average Bonchev–Trinajstić information content (AvgIpc) is 2.16. The fraction of sp³-hybridized carbons (Fsp3) is 0.700. The third-order valence-electron chi connectivity index (χ3n) is 2.24. The van der Waals surface area contributed by atoms with E-state index in [4.69, 9.17) is 10.8 Å². The molecule has 0 saturated carbocycles. The molecule has 0 spiro atoms. The lowest BCUT2D eigenvalue weighted by Gasteiger charge is -2.15. The zero-order chi connectivity index (χ0) is 13.4. The third-order valence-corrected chi connectivity index (χ3v) is 2.24. The summed E-state index contributed by atoms with van der Waals surface area (Å²) in [6, 6.07) is -0.879. The highest BCUT2D eigenvalue weighted by molar-refractivity contribution is 5.78. The van der Waals surface area contributed by atoms with E-state index < -0.39 is 23.8 Å². The molecule has 0 rings (SSSR count). The van der Waals surface area contributed by atoms with E-state index >= 15 is 0 Å². The van der Waals surface area contributed by atoms with Crippen molar-refractivity contribution in [1.29, 1.82) is 0 Å². The number of rotatable bonds is 7. The van der Waals surface area contributed by atoms with Crippen LogP contribution < -0.4 is 16.4 Å². The summed E-state index contributed by atoms with van der Waals surface area (Å²) in [7, 11) is 0. The molecule has 7 nitrogen and oxygen atoms in total. The fourth-order valence-corrected chi connectivity index (χ4v) is 1.25. The molecule has 5 N–H and O–H groups in total. The zero-order valence-corrected chi connectivity index (χ0v) is 10.0. The number of nitrogens with one attached hydrogen (secondary N) is 2. The molecule has 0 aromatic rings. The van der Waals surface area contributed by atoms with Crippen LogP contribution in [0, 0.1) is 5.92 Å². The van der Waals surface area contributed by atoms with Crippen LogP contribution in [0.4, 0.5) is 4.79 Å². The maximum absolute atomic E-state index is 11.3. The smallest absolute Gasteiger partial charge is 0.315 e. The van der Waals surface area contributed by atoms with Gasteiger partial charge in [0, 0.05) is 19.0 Å². The van der Waals surface area contributed by atoms with Crippen molar-refractivity contribution in [2.24, 2.45) is 11.7 Å². The summed E-state index contributed by atoms with van der Waals surface area (Å²) < 4.78 is 0. The first kappa shape index (κ1) is 15.2. The molecule has 0 radical (unpaired) electrons. The highest BCUT2D eigenvalue weighted by atomic mass is 16.4. The standard InChI is InChI=1S/C10H19N3O4/c1-3-7(9(15)16)5-12-10(17)13-6(2)4-8(11)14/h6-7H,3-5H2,1-2H3,(H2,11,14)(H,15,16)(H2,12,13,17). The van der Waals surface area contributed by atoms with Gasteiger partial charge >= 0.3 is 12.0 Å². The monoisotopic (exact) mass is 245 g/mol. The molecule has 0 bridgehead atoms. The normalized spacial score (nSPS) is 13.5. The Hall–Kier alpha value is -1.79. The minimum Gasteiger partial charge on any atom is -0.481 e. The molecule has 17 heavy (non-hydrogen) atoms. The zero-order valence-electron chi connectivity index (χ0n) is 10.0. The molecular formula is C10H19N3O4. The molecule has 7 heteroatoms. The number of carbonyl (C=O) groups is 3. The number of carboxylic acids is 1. The number of aliphatic carboxylic acids is 1. The lowest BCUT2D eigenvalue weighted by Crippen LogP contribution is -2.44. The molecule has 0 aromatic heterocycles. The van der Waals surface area contributed by atoms with Gasteiger partial charge in [-0.3, -0.25) is 9.59 Å². The Labute approximate surface area is 99.7 Å². The Bertz CT molecular complexity index is 293. The molecule has 0 aliphatic carbocycles. The van der Waals surface area contributed by atoms with Gasteiger partial charge in [-0.05, 0) is 13.3 Å². The van der Waals surface area contributed by atoms with E-state index in [1.807, 2.05) is 0 Å². The van der Waals surface area contributed by atoms with Gasteiger partial charge in [0.1, 0.15) is 0 Å². The number of hydrogen-bond acceptors (Lipinski definition) is 3. The SMILES string of the molecule is CCC(CNC(=O)NC(C)CC(N)=O)C(=O)O. The summed E-state index contributed by atoms with van der Waals surface area (Å²) in [6.45, 7) is 3.42. The number of nitrogens with two attached hydrogens (primary N) is 1. The Morgan fingerprint density at radius 1 is 1.35 bits per heavy atom. The van der Waals surface area contributed by atoms with Crippen LogP contribution >= 0.6 is 0 Å². The van der Waals surface area contributed by atoms with Crippen molar-refractivity contribution in [3.8, 4) is 0 Å².